The first kappa shape index (κ1) is 18.2. The number of nitrogens with one attached hydrogen (secondary N) is 3. The van der Waals surface area contributed by atoms with E-state index in [-0.39, 0.29) is 30.5 Å². The molecule has 152 valence electrons. The number of aromatic nitrogens is 1. The molecule has 1 fully saturated rings. The minimum atomic E-state index is -0.446. The third-order valence-electron chi connectivity index (χ3n) is 6.46. The van der Waals surface area contributed by atoms with Gasteiger partial charge in [0.1, 0.15) is 6.61 Å². The van der Waals surface area contributed by atoms with Crippen molar-refractivity contribution in [1.29, 1.82) is 0 Å². The molecule has 0 spiro atoms. The van der Waals surface area contributed by atoms with Gasteiger partial charge in [0, 0.05) is 30.6 Å². The first-order valence-electron chi connectivity index (χ1n) is 10.3. The van der Waals surface area contributed by atoms with Gasteiger partial charge >= 0.3 is 0 Å². The Morgan fingerprint density at radius 2 is 2.10 bits per heavy atom. The number of ether oxygens (including phenoxy) is 1. The lowest BCUT2D eigenvalue weighted by molar-refractivity contribution is -0.141. The maximum Gasteiger partial charge on any atom is 0.251 e. The summed E-state index contributed by atoms with van der Waals surface area (Å²) in [4.78, 5) is 31.6. The third-order valence-corrected chi connectivity index (χ3v) is 6.46. The van der Waals surface area contributed by atoms with E-state index < -0.39 is 6.04 Å². The number of H-pyrrole nitrogens is 1. The summed E-state index contributed by atoms with van der Waals surface area (Å²) in [6.07, 6.45) is 6.02. The number of nitrogens with zero attached hydrogens (tertiary/aromatic N) is 1. The van der Waals surface area contributed by atoms with Crippen LogP contribution < -0.4 is 10.6 Å². The fourth-order valence-electron chi connectivity index (χ4n) is 5.25. The summed E-state index contributed by atoms with van der Waals surface area (Å²) in [6, 6.07) is 7.80. The monoisotopic (exact) mass is 394 g/mol. The van der Waals surface area contributed by atoms with Crippen LogP contribution in [-0.2, 0) is 14.3 Å². The Hall–Kier alpha value is -2.80. The fourth-order valence-corrected chi connectivity index (χ4v) is 5.25. The number of aromatic amines is 1. The number of carbonyl (C=O) groups is 2. The van der Waals surface area contributed by atoms with Gasteiger partial charge in [-0.2, -0.15) is 0 Å². The van der Waals surface area contributed by atoms with Crippen LogP contribution in [0.2, 0.25) is 0 Å². The van der Waals surface area contributed by atoms with Gasteiger partial charge in [-0.1, -0.05) is 31.0 Å². The molecular weight excluding hydrogens is 368 g/mol. The summed E-state index contributed by atoms with van der Waals surface area (Å²) >= 11 is 0. The second-order valence-electron chi connectivity index (χ2n) is 8.10. The number of hydrogen-bond acceptors (Lipinski definition) is 4. The van der Waals surface area contributed by atoms with Crippen molar-refractivity contribution < 1.29 is 14.3 Å². The Balaban J connectivity index is 1.73. The summed E-state index contributed by atoms with van der Waals surface area (Å²) in [5, 5.41) is 7.66. The minimum absolute atomic E-state index is 0.00462. The standard InChI is InChI=1S/C22H26N4O3/c1-29-12-18(27)26-17-8-3-2-7-15(17)25-16-11-24-22(28)19(16)21(26)14-6-4-5-13-9-10-23-20(13)14/h4-6,9-10,15,17,21,23,25H,2-3,7-8,11-12H2,1H3,(H,24,28)/t15-,17?,21-/m1/s1. The SMILES string of the molecule is COCC(=O)N1C2CCCC[C@H]2NC2=C(C(=O)NC2)[C@H]1c1cccc2cc[nH]c12. The largest absolute Gasteiger partial charge is 0.382 e. The number of hydrogen-bond donors (Lipinski definition) is 3. The highest BCUT2D eigenvalue weighted by Gasteiger charge is 2.46. The van der Waals surface area contributed by atoms with Crippen molar-refractivity contribution in [2.24, 2.45) is 0 Å². The van der Waals surface area contributed by atoms with Crippen LogP contribution in [0.15, 0.2) is 41.7 Å². The molecule has 3 N–H and O–H groups in total. The van der Waals surface area contributed by atoms with Crippen LogP contribution in [-0.4, -0.2) is 54.0 Å². The summed E-state index contributed by atoms with van der Waals surface area (Å²) in [7, 11) is 1.54. The zero-order chi connectivity index (χ0) is 20.0. The lowest BCUT2D eigenvalue weighted by atomic mass is 9.87. The lowest BCUT2D eigenvalue weighted by Crippen LogP contribution is -2.54. The molecule has 1 aliphatic carbocycles. The number of carbonyl (C=O) groups excluding carboxylic acids is 2. The topological polar surface area (TPSA) is 86.5 Å². The van der Waals surface area contributed by atoms with E-state index in [1.165, 1.54) is 0 Å². The third kappa shape index (κ3) is 2.92. The molecule has 7 heteroatoms. The summed E-state index contributed by atoms with van der Waals surface area (Å²) < 4.78 is 5.24. The molecule has 3 aliphatic rings. The van der Waals surface area contributed by atoms with Crippen LogP contribution in [0.5, 0.6) is 0 Å². The van der Waals surface area contributed by atoms with E-state index in [2.05, 4.69) is 15.6 Å². The van der Waals surface area contributed by atoms with E-state index in [0.717, 1.165) is 47.8 Å². The van der Waals surface area contributed by atoms with Gasteiger partial charge in [-0.05, 0) is 24.3 Å². The van der Waals surface area contributed by atoms with Crippen molar-refractivity contribution in [2.45, 2.75) is 43.8 Å². The molecule has 2 aromatic rings. The molecule has 1 saturated carbocycles. The molecule has 2 aliphatic heterocycles. The number of amides is 2. The van der Waals surface area contributed by atoms with E-state index in [4.69, 9.17) is 4.74 Å². The van der Waals surface area contributed by atoms with Crippen molar-refractivity contribution in [1.82, 2.24) is 20.5 Å². The van der Waals surface area contributed by atoms with Gasteiger partial charge in [0.15, 0.2) is 0 Å². The van der Waals surface area contributed by atoms with Gasteiger partial charge in [0.25, 0.3) is 5.91 Å². The van der Waals surface area contributed by atoms with Gasteiger partial charge < -0.3 is 25.3 Å². The average Bonchev–Trinajstić information content (AvgIpc) is 3.30. The number of fused-ring (bicyclic) bond motifs is 2. The number of benzene rings is 1. The number of methoxy groups -OCH3 is 1. The molecule has 1 unspecified atom stereocenters. The van der Waals surface area contributed by atoms with E-state index in [9.17, 15) is 9.59 Å². The maximum atomic E-state index is 13.4. The molecule has 0 bridgehead atoms. The molecule has 1 aromatic heterocycles. The van der Waals surface area contributed by atoms with E-state index in [1.807, 2.05) is 35.4 Å². The molecular formula is C22H26N4O3. The van der Waals surface area contributed by atoms with Gasteiger partial charge in [0.2, 0.25) is 5.91 Å². The smallest absolute Gasteiger partial charge is 0.251 e. The van der Waals surface area contributed by atoms with Crippen LogP contribution in [0.3, 0.4) is 0 Å². The summed E-state index contributed by atoms with van der Waals surface area (Å²) in [6.45, 7) is 0.492. The van der Waals surface area contributed by atoms with Crippen molar-refractivity contribution in [3.8, 4) is 0 Å². The van der Waals surface area contributed by atoms with Crippen molar-refractivity contribution >= 4 is 22.7 Å². The second kappa shape index (κ2) is 7.22. The van der Waals surface area contributed by atoms with Crippen LogP contribution in [0.1, 0.15) is 37.3 Å². The highest BCUT2D eigenvalue weighted by Crippen LogP contribution is 2.42. The van der Waals surface area contributed by atoms with Crippen molar-refractivity contribution in [3.63, 3.8) is 0 Å². The zero-order valence-corrected chi connectivity index (χ0v) is 16.5. The molecule has 3 heterocycles. The van der Waals surface area contributed by atoms with Crippen LogP contribution in [0.4, 0.5) is 0 Å². The van der Waals surface area contributed by atoms with E-state index in [1.54, 1.807) is 7.11 Å². The normalized spacial score (nSPS) is 26.6. The molecule has 3 atom stereocenters. The Kier molecular flexibility index (Phi) is 4.54. The highest BCUT2D eigenvalue weighted by molar-refractivity contribution is 6.00. The Labute approximate surface area is 169 Å². The quantitative estimate of drug-likeness (QED) is 0.743. The van der Waals surface area contributed by atoms with E-state index in [0.29, 0.717) is 12.1 Å². The lowest BCUT2D eigenvalue weighted by Gasteiger charge is -2.42. The first-order chi connectivity index (χ1) is 14.2. The average molecular weight is 394 g/mol. The predicted molar refractivity (Wildman–Crippen MR) is 109 cm³/mol. The van der Waals surface area contributed by atoms with Gasteiger partial charge in [-0.3, -0.25) is 9.59 Å². The van der Waals surface area contributed by atoms with Crippen molar-refractivity contribution in [2.75, 3.05) is 20.3 Å². The molecule has 29 heavy (non-hydrogen) atoms. The Morgan fingerprint density at radius 1 is 1.24 bits per heavy atom. The highest BCUT2D eigenvalue weighted by atomic mass is 16.5. The Bertz CT molecular complexity index is 995. The van der Waals surface area contributed by atoms with Crippen LogP contribution in [0.25, 0.3) is 10.9 Å². The van der Waals surface area contributed by atoms with Crippen LogP contribution >= 0.6 is 0 Å². The Morgan fingerprint density at radius 3 is 2.97 bits per heavy atom. The molecule has 7 nitrogen and oxygen atoms in total. The van der Waals surface area contributed by atoms with Gasteiger partial charge in [0.05, 0.1) is 29.7 Å². The van der Waals surface area contributed by atoms with Crippen molar-refractivity contribution in [3.05, 3.63) is 47.3 Å². The second-order valence-corrected chi connectivity index (χ2v) is 8.10. The van der Waals surface area contributed by atoms with Crippen LogP contribution in [0, 0.1) is 0 Å². The fraction of sp³-hybridized carbons (Fsp3) is 0.455. The number of rotatable bonds is 3. The number of para-hydroxylation sites is 1. The van der Waals surface area contributed by atoms with Gasteiger partial charge in [-0.15, -0.1) is 0 Å². The molecule has 1 aromatic carbocycles. The van der Waals surface area contributed by atoms with E-state index >= 15 is 0 Å². The van der Waals surface area contributed by atoms with Gasteiger partial charge in [-0.25, -0.2) is 0 Å². The first-order valence-corrected chi connectivity index (χ1v) is 10.3. The maximum absolute atomic E-state index is 13.4. The predicted octanol–water partition coefficient (Wildman–Crippen LogP) is 1.98. The zero-order valence-electron chi connectivity index (χ0n) is 16.5. The molecule has 0 radical (unpaired) electrons. The molecule has 0 saturated heterocycles. The summed E-state index contributed by atoms with van der Waals surface area (Å²) in [5.74, 6) is -0.178. The molecule has 5 rings (SSSR count). The minimum Gasteiger partial charge on any atom is -0.382 e. The summed E-state index contributed by atoms with van der Waals surface area (Å²) in [5.41, 5.74) is 3.50. The molecule has 2 amide bonds.